The smallest absolute Gasteiger partial charge is 0.265 e. The van der Waals surface area contributed by atoms with Gasteiger partial charge in [-0.05, 0) is 52.9 Å². The van der Waals surface area contributed by atoms with E-state index in [1.54, 1.807) is 0 Å². The highest BCUT2D eigenvalue weighted by Gasteiger charge is 2.22. The highest BCUT2D eigenvalue weighted by molar-refractivity contribution is 14.1. The Kier molecular flexibility index (Phi) is 3.82. The minimum absolute atomic E-state index is 0.0778. The lowest BCUT2D eigenvalue weighted by atomic mass is 10.1. The second-order valence-corrected chi connectivity index (χ2v) is 7.40. The summed E-state index contributed by atoms with van der Waals surface area (Å²) < 4.78 is 6.78. The monoisotopic (exact) mass is 433 g/mol. The Hall–Kier alpha value is -1.86. The van der Waals surface area contributed by atoms with Crippen LogP contribution in [0.15, 0.2) is 54.6 Å². The van der Waals surface area contributed by atoms with Crippen LogP contribution in [-0.2, 0) is 6.61 Å². The number of fused-ring (bicyclic) bond motifs is 3. The number of amides is 1. The molecule has 1 aliphatic heterocycles. The Morgan fingerprint density at radius 2 is 1.91 bits per heavy atom. The van der Waals surface area contributed by atoms with Crippen LogP contribution in [-0.4, -0.2) is 5.91 Å². The Morgan fingerprint density at radius 1 is 1.13 bits per heavy atom. The molecule has 1 amide bonds. The number of benzene rings is 2. The van der Waals surface area contributed by atoms with Crippen LogP contribution in [0.3, 0.4) is 0 Å². The number of carbonyl (C=O) groups excluding carboxylic acids is 1. The Labute approximate surface area is 151 Å². The van der Waals surface area contributed by atoms with Gasteiger partial charge in [0.25, 0.3) is 5.91 Å². The third kappa shape index (κ3) is 2.74. The van der Waals surface area contributed by atoms with Crippen LogP contribution < -0.4 is 10.1 Å². The van der Waals surface area contributed by atoms with Crippen molar-refractivity contribution in [2.45, 2.75) is 6.61 Å². The van der Waals surface area contributed by atoms with Crippen LogP contribution >= 0.6 is 33.9 Å². The van der Waals surface area contributed by atoms with Crippen molar-refractivity contribution in [1.82, 2.24) is 0 Å². The summed E-state index contributed by atoms with van der Waals surface area (Å²) in [5.41, 5.74) is 2.97. The lowest BCUT2D eigenvalue weighted by Crippen LogP contribution is -2.11. The summed E-state index contributed by atoms with van der Waals surface area (Å²) in [7, 11) is 0. The van der Waals surface area contributed by atoms with E-state index in [1.165, 1.54) is 11.3 Å². The van der Waals surface area contributed by atoms with E-state index in [2.05, 4.69) is 27.9 Å². The molecule has 0 saturated heterocycles. The number of nitrogens with one attached hydrogen (secondary N) is 1. The van der Waals surface area contributed by atoms with Gasteiger partial charge >= 0.3 is 0 Å². The molecule has 5 heteroatoms. The normalized spacial score (nSPS) is 12.0. The Balaban J connectivity index is 1.66. The first-order chi connectivity index (χ1) is 11.2. The van der Waals surface area contributed by atoms with Gasteiger partial charge in [0.15, 0.2) is 0 Å². The minimum Gasteiger partial charge on any atom is -0.488 e. The standard InChI is InChI=1S/C18H12INO2S/c19-13-6-2-3-7-14(13)20-18(21)16-9-11-10-22-15-8-4-1-5-12(15)17(11)23-16/h1-9H,10H2,(H,20,21). The molecule has 0 spiro atoms. The second kappa shape index (κ2) is 5.98. The van der Waals surface area contributed by atoms with Crippen LogP contribution in [0.25, 0.3) is 10.4 Å². The van der Waals surface area contributed by atoms with Gasteiger partial charge in [-0.2, -0.15) is 0 Å². The number of thiophene rings is 1. The predicted octanol–water partition coefficient (Wildman–Crippen LogP) is 5.16. The lowest BCUT2D eigenvalue weighted by molar-refractivity contribution is 0.103. The molecule has 1 N–H and O–H groups in total. The molecule has 2 heterocycles. The van der Waals surface area contributed by atoms with Crippen LogP contribution in [0.2, 0.25) is 0 Å². The average molecular weight is 433 g/mol. The van der Waals surface area contributed by atoms with E-state index < -0.39 is 0 Å². The van der Waals surface area contributed by atoms with E-state index in [1.807, 2.05) is 54.6 Å². The summed E-state index contributed by atoms with van der Waals surface area (Å²) in [6.07, 6.45) is 0. The van der Waals surface area contributed by atoms with Crippen LogP contribution in [0.1, 0.15) is 15.2 Å². The molecule has 0 unspecified atom stereocenters. The Morgan fingerprint density at radius 3 is 2.78 bits per heavy atom. The molecule has 114 valence electrons. The number of rotatable bonds is 2. The number of anilines is 1. The van der Waals surface area contributed by atoms with Crippen molar-refractivity contribution in [3.8, 4) is 16.2 Å². The molecule has 0 fully saturated rings. The van der Waals surface area contributed by atoms with Gasteiger partial charge < -0.3 is 10.1 Å². The van der Waals surface area contributed by atoms with Gasteiger partial charge in [0, 0.05) is 19.6 Å². The van der Waals surface area contributed by atoms with E-state index >= 15 is 0 Å². The molecular formula is C18H12INO2S. The quantitative estimate of drug-likeness (QED) is 0.567. The summed E-state index contributed by atoms with van der Waals surface area (Å²) in [6.45, 7) is 0.513. The fourth-order valence-electron chi connectivity index (χ4n) is 2.56. The summed E-state index contributed by atoms with van der Waals surface area (Å²) in [5, 5.41) is 2.98. The summed E-state index contributed by atoms with van der Waals surface area (Å²) in [6, 6.07) is 17.6. The topological polar surface area (TPSA) is 38.3 Å². The van der Waals surface area contributed by atoms with Gasteiger partial charge in [-0.15, -0.1) is 11.3 Å². The van der Waals surface area contributed by atoms with Crippen molar-refractivity contribution < 1.29 is 9.53 Å². The molecule has 0 aliphatic carbocycles. The zero-order valence-corrected chi connectivity index (χ0v) is 15.0. The molecule has 3 aromatic rings. The maximum absolute atomic E-state index is 12.6. The predicted molar refractivity (Wildman–Crippen MR) is 101 cm³/mol. The van der Waals surface area contributed by atoms with E-state index in [-0.39, 0.29) is 5.91 Å². The first-order valence-corrected chi connectivity index (χ1v) is 9.03. The summed E-state index contributed by atoms with van der Waals surface area (Å²) in [5.74, 6) is 0.803. The van der Waals surface area contributed by atoms with Crippen LogP contribution in [0, 0.1) is 3.57 Å². The molecule has 1 aliphatic rings. The number of hydrogen-bond acceptors (Lipinski definition) is 3. The molecule has 3 nitrogen and oxygen atoms in total. The molecule has 2 aromatic carbocycles. The highest BCUT2D eigenvalue weighted by atomic mass is 127. The number of carbonyl (C=O) groups is 1. The second-order valence-electron chi connectivity index (χ2n) is 5.18. The average Bonchev–Trinajstić information content (AvgIpc) is 3.02. The van der Waals surface area contributed by atoms with Gasteiger partial charge in [0.2, 0.25) is 0 Å². The van der Waals surface area contributed by atoms with E-state index in [9.17, 15) is 4.79 Å². The zero-order valence-electron chi connectivity index (χ0n) is 12.0. The Bertz CT molecular complexity index is 904. The van der Waals surface area contributed by atoms with Crippen LogP contribution in [0.5, 0.6) is 5.75 Å². The molecule has 23 heavy (non-hydrogen) atoms. The molecule has 1 aromatic heterocycles. The van der Waals surface area contributed by atoms with Crippen molar-refractivity contribution in [2.24, 2.45) is 0 Å². The number of para-hydroxylation sites is 2. The van der Waals surface area contributed by atoms with E-state index in [0.717, 1.165) is 31.0 Å². The SMILES string of the molecule is O=C(Nc1ccccc1I)c1cc2c(s1)-c1ccccc1OC2. The number of halogens is 1. The zero-order chi connectivity index (χ0) is 15.8. The largest absolute Gasteiger partial charge is 0.488 e. The molecule has 0 saturated carbocycles. The third-order valence-electron chi connectivity index (χ3n) is 3.67. The van der Waals surface area contributed by atoms with Gasteiger partial charge in [0.05, 0.1) is 10.6 Å². The van der Waals surface area contributed by atoms with Gasteiger partial charge in [-0.1, -0.05) is 24.3 Å². The maximum atomic E-state index is 12.6. The van der Waals surface area contributed by atoms with Crippen molar-refractivity contribution in [1.29, 1.82) is 0 Å². The van der Waals surface area contributed by atoms with Crippen molar-refractivity contribution in [3.05, 3.63) is 68.6 Å². The summed E-state index contributed by atoms with van der Waals surface area (Å²) >= 11 is 3.74. The van der Waals surface area contributed by atoms with E-state index in [4.69, 9.17) is 4.74 Å². The molecule has 0 radical (unpaired) electrons. The highest BCUT2D eigenvalue weighted by Crippen LogP contribution is 2.42. The first-order valence-electron chi connectivity index (χ1n) is 7.13. The number of hydrogen-bond donors (Lipinski definition) is 1. The van der Waals surface area contributed by atoms with Gasteiger partial charge in [0.1, 0.15) is 12.4 Å². The summed E-state index contributed by atoms with van der Waals surface area (Å²) in [4.78, 5) is 14.4. The van der Waals surface area contributed by atoms with Gasteiger partial charge in [-0.25, -0.2) is 0 Å². The molecular weight excluding hydrogens is 421 g/mol. The fourth-order valence-corrected chi connectivity index (χ4v) is 4.17. The molecule has 0 bridgehead atoms. The van der Waals surface area contributed by atoms with Crippen molar-refractivity contribution in [3.63, 3.8) is 0 Å². The van der Waals surface area contributed by atoms with Gasteiger partial charge in [-0.3, -0.25) is 4.79 Å². The minimum atomic E-state index is -0.0778. The maximum Gasteiger partial charge on any atom is 0.265 e. The number of ether oxygens (including phenoxy) is 1. The molecule has 4 rings (SSSR count). The lowest BCUT2D eigenvalue weighted by Gasteiger charge is -2.16. The molecule has 0 atom stereocenters. The van der Waals surface area contributed by atoms with Crippen LogP contribution in [0.4, 0.5) is 5.69 Å². The van der Waals surface area contributed by atoms with Crippen molar-refractivity contribution in [2.75, 3.05) is 5.32 Å². The van der Waals surface area contributed by atoms with Crippen molar-refractivity contribution >= 4 is 45.5 Å². The third-order valence-corrected chi connectivity index (χ3v) is 5.82. The van der Waals surface area contributed by atoms with E-state index in [0.29, 0.717) is 11.5 Å². The fraction of sp³-hybridized carbons (Fsp3) is 0.0556. The first kappa shape index (κ1) is 14.7.